The molecule has 162 valence electrons. The van der Waals surface area contributed by atoms with Gasteiger partial charge in [-0.1, -0.05) is 11.6 Å². The van der Waals surface area contributed by atoms with Crippen LogP contribution in [0.1, 0.15) is 18.7 Å². The Morgan fingerprint density at radius 3 is 2.90 bits per heavy atom. The van der Waals surface area contributed by atoms with Crippen molar-refractivity contribution in [2.45, 2.75) is 32.0 Å². The van der Waals surface area contributed by atoms with E-state index in [2.05, 4.69) is 14.8 Å². The summed E-state index contributed by atoms with van der Waals surface area (Å²) in [4.78, 5) is 19.5. The number of rotatable bonds is 6. The highest BCUT2D eigenvalue weighted by Crippen LogP contribution is 2.25. The lowest BCUT2D eigenvalue weighted by molar-refractivity contribution is -0.118. The van der Waals surface area contributed by atoms with Gasteiger partial charge in [0.15, 0.2) is 6.61 Å². The normalized spacial score (nSPS) is 18.8. The van der Waals surface area contributed by atoms with Crippen LogP contribution in [0, 0.1) is 0 Å². The molecule has 3 heterocycles. The molecule has 2 aromatic carbocycles. The van der Waals surface area contributed by atoms with Gasteiger partial charge >= 0.3 is 0 Å². The molecule has 0 saturated carbocycles. The van der Waals surface area contributed by atoms with E-state index in [1.807, 2.05) is 18.2 Å². The number of amides is 1. The number of nitrogens with zero attached hydrogens (tertiary/aromatic N) is 3. The highest BCUT2D eigenvalue weighted by Gasteiger charge is 2.24. The first kappa shape index (κ1) is 20.3. The number of hydrogen-bond acceptors (Lipinski definition) is 5. The molecule has 0 radical (unpaired) electrons. The van der Waals surface area contributed by atoms with Gasteiger partial charge in [-0.15, -0.1) is 0 Å². The number of aromatic nitrogens is 2. The van der Waals surface area contributed by atoms with Crippen molar-refractivity contribution in [2.75, 3.05) is 31.6 Å². The molecule has 0 spiro atoms. The van der Waals surface area contributed by atoms with Crippen LogP contribution < -0.4 is 10.1 Å². The molecule has 0 unspecified atom stereocenters. The molecule has 8 heteroatoms. The van der Waals surface area contributed by atoms with Gasteiger partial charge in [0.05, 0.1) is 23.7 Å². The van der Waals surface area contributed by atoms with Gasteiger partial charge in [0.25, 0.3) is 5.91 Å². The summed E-state index contributed by atoms with van der Waals surface area (Å²) < 4.78 is 13.6. The van der Waals surface area contributed by atoms with Crippen LogP contribution in [-0.4, -0.2) is 52.8 Å². The van der Waals surface area contributed by atoms with Crippen LogP contribution in [0.2, 0.25) is 5.02 Å². The van der Waals surface area contributed by atoms with Gasteiger partial charge in [0.2, 0.25) is 0 Å². The van der Waals surface area contributed by atoms with Crippen LogP contribution in [0.25, 0.3) is 11.0 Å². The van der Waals surface area contributed by atoms with Crippen LogP contribution in [0.15, 0.2) is 42.5 Å². The molecule has 1 amide bonds. The first-order valence-corrected chi connectivity index (χ1v) is 11.0. The number of carbonyl (C=O) groups is 1. The standard InChI is InChI=1S/C23H25ClN4O3/c24-16-3-6-18(7-4-16)31-15-23(29)25-17-5-8-21-20(12-17)26-22-14-27(9-10-28(21)22)13-19-2-1-11-30-19/h3-8,12,19H,1-2,9-11,13-15H2,(H,25,29)/t19-/m1/s1. The van der Waals surface area contributed by atoms with Crippen LogP contribution in [-0.2, 0) is 22.6 Å². The molecule has 2 aliphatic heterocycles. The van der Waals surface area contributed by atoms with Crippen molar-refractivity contribution in [2.24, 2.45) is 0 Å². The first-order valence-electron chi connectivity index (χ1n) is 10.7. The molecule has 0 aliphatic carbocycles. The maximum absolute atomic E-state index is 12.3. The number of anilines is 1. The summed E-state index contributed by atoms with van der Waals surface area (Å²) in [7, 11) is 0. The summed E-state index contributed by atoms with van der Waals surface area (Å²) in [5.74, 6) is 1.44. The monoisotopic (exact) mass is 440 g/mol. The Kier molecular flexibility index (Phi) is 5.80. The summed E-state index contributed by atoms with van der Waals surface area (Å²) in [5, 5.41) is 3.51. The summed E-state index contributed by atoms with van der Waals surface area (Å²) in [6.45, 7) is 4.52. The van der Waals surface area contributed by atoms with Crippen molar-refractivity contribution in [3.63, 3.8) is 0 Å². The van der Waals surface area contributed by atoms with Gasteiger partial charge in [-0.05, 0) is 55.3 Å². The minimum Gasteiger partial charge on any atom is -0.484 e. The minimum absolute atomic E-state index is 0.0719. The second-order valence-corrected chi connectivity index (χ2v) is 8.48. The molecular formula is C23H25ClN4O3. The Hall–Kier alpha value is -2.61. The van der Waals surface area contributed by atoms with Crippen LogP contribution in [0.3, 0.4) is 0 Å². The maximum Gasteiger partial charge on any atom is 0.262 e. The third-order valence-corrected chi connectivity index (χ3v) is 6.04. The number of fused-ring (bicyclic) bond motifs is 3. The van der Waals surface area contributed by atoms with Crippen molar-refractivity contribution in [1.29, 1.82) is 0 Å². The van der Waals surface area contributed by atoms with Crippen molar-refractivity contribution in [1.82, 2.24) is 14.5 Å². The molecule has 7 nitrogen and oxygen atoms in total. The first-order chi connectivity index (χ1) is 15.1. The highest BCUT2D eigenvalue weighted by atomic mass is 35.5. The highest BCUT2D eigenvalue weighted by molar-refractivity contribution is 6.30. The summed E-state index contributed by atoms with van der Waals surface area (Å²) >= 11 is 5.86. The van der Waals surface area contributed by atoms with Gasteiger partial charge in [-0.2, -0.15) is 0 Å². The van der Waals surface area contributed by atoms with Crippen molar-refractivity contribution in [3.05, 3.63) is 53.3 Å². The van der Waals surface area contributed by atoms with Crippen LogP contribution in [0.5, 0.6) is 5.75 Å². The summed E-state index contributed by atoms with van der Waals surface area (Å²) in [6.07, 6.45) is 2.67. The fourth-order valence-electron chi connectivity index (χ4n) is 4.26. The predicted molar refractivity (Wildman–Crippen MR) is 120 cm³/mol. The van der Waals surface area contributed by atoms with E-state index in [0.717, 1.165) is 62.5 Å². The largest absolute Gasteiger partial charge is 0.484 e. The molecule has 0 bridgehead atoms. The second-order valence-electron chi connectivity index (χ2n) is 8.04. The Labute approximate surface area is 185 Å². The van der Waals surface area contributed by atoms with Gasteiger partial charge in [0, 0.05) is 37.0 Å². The lowest BCUT2D eigenvalue weighted by Gasteiger charge is -2.29. The Morgan fingerprint density at radius 1 is 1.23 bits per heavy atom. The molecule has 2 aliphatic rings. The van der Waals surface area contributed by atoms with Gasteiger partial charge in [-0.3, -0.25) is 9.69 Å². The summed E-state index contributed by atoms with van der Waals surface area (Å²) in [5.41, 5.74) is 2.71. The fourth-order valence-corrected chi connectivity index (χ4v) is 4.38. The average Bonchev–Trinajstić information content (AvgIpc) is 3.40. The number of hydrogen-bond donors (Lipinski definition) is 1. The molecular weight excluding hydrogens is 416 g/mol. The Balaban J connectivity index is 1.22. The molecule has 1 saturated heterocycles. The number of halogens is 1. The Morgan fingerprint density at radius 2 is 2.10 bits per heavy atom. The molecule has 1 atom stereocenters. The molecule has 31 heavy (non-hydrogen) atoms. The van der Waals surface area contributed by atoms with Gasteiger partial charge in [-0.25, -0.2) is 4.98 Å². The zero-order valence-corrected chi connectivity index (χ0v) is 18.0. The van der Waals surface area contributed by atoms with Gasteiger partial charge < -0.3 is 19.4 Å². The second kappa shape index (κ2) is 8.86. The quantitative estimate of drug-likeness (QED) is 0.633. The van der Waals surface area contributed by atoms with E-state index in [1.165, 1.54) is 0 Å². The molecule has 1 fully saturated rings. The number of benzene rings is 2. The maximum atomic E-state index is 12.3. The van der Waals surface area contributed by atoms with Crippen molar-refractivity contribution < 1.29 is 14.3 Å². The van der Waals surface area contributed by atoms with E-state index < -0.39 is 0 Å². The van der Waals surface area contributed by atoms with Gasteiger partial charge in [0.1, 0.15) is 11.6 Å². The van der Waals surface area contributed by atoms with E-state index in [0.29, 0.717) is 22.6 Å². The number of ether oxygens (including phenoxy) is 2. The lowest BCUT2D eigenvalue weighted by atomic mass is 10.2. The van der Waals surface area contributed by atoms with Crippen molar-refractivity contribution in [3.8, 4) is 5.75 Å². The average molecular weight is 441 g/mol. The third-order valence-electron chi connectivity index (χ3n) is 5.79. The van der Waals surface area contributed by atoms with Crippen molar-refractivity contribution >= 4 is 34.2 Å². The summed E-state index contributed by atoms with van der Waals surface area (Å²) in [6, 6.07) is 12.8. The molecule has 5 rings (SSSR count). The number of carbonyl (C=O) groups excluding carboxylic acids is 1. The zero-order chi connectivity index (χ0) is 21.2. The van der Waals surface area contributed by atoms with Crippen LogP contribution in [0.4, 0.5) is 5.69 Å². The smallest absolute Gasteiger partial charge is 0.262 e. The SMILES string of the molecule is O=C(COc1ccc(Cl)cc1)Nc1ccc2c(c1)nc1n2CCN(C[C@H]2CCCO2)C1. The molecule has 3 aromatic rings. The van der Waals surface area contributed by atoms with E-state index >= 15 is 0 Å². The number of imidazole rings is 1. The van der Waals surface area contributed by atoms with E-state index in [-0.39, 0.29) is 12.5 Å². The topological polar surface area (TPSA) is 68.6 Å². The molecule has 1 N–H and O–H groups in total. The predicted octanol–water partition coefficient (Wildman–Crippen LogP) is 3.70. The Bertz CT molecular complexity index is 1080. The van der Waals surface area contributed by atoms with Crippen LogP contribution >= 0.6 is 11.6 Å². The third kappa shape index (κ3) is 4.69. The van der Waals surface area contributed by atoms with E-state index in [9.17, 15) is 4.79 Å². The molecule has 1 aromatic heterocycles. The lowest BCUT2D eigenvalue weighted by Crippen LogP contribution is -2.38. The fraction of sp³-hybridized carbons (Fsp3) is 0.391. The minimum atomic E-state index is -0.221. The van der Waals surface area contributed by atoms with E-state index in [1.54, 1.807) is 24.3 Å². The van der Waals surface area contributed by atoms with E-state index in [4.69, 9.17) is 26.1 Å². The zero-order valence-electron chi connectivity index (χ0n) is 17.2. The number of nitrogens with one attached hydrogen (secondary N) is 1.